The molecule has 0 bridgehead atoms. The van der Waals surface area contributed by atoms with Crippen LogP contribution in [0, 0.1) is 32.1 Å². The molecule has 106 valence electrons. The van der Waals surface area contributed by atoms with E-state index in [-0.39, 0.29) is 11.5 Å². The highest BCUT2D eigenvalue weighted by Gasteiger charge is 2.10. The number of benzene rings is 1. The molecule has 2 aromatic rings. The quantitative estimate of drug-likeness (QED) is 0.492. The average molecular weight is 297 g/mol. The number of carbonyl (C=O) groups is 1. The Hall–Kier alpha value is -2.19. The Labute approximate surface area is 128 Å². The van der Waals surface area contributed by atoms with E-state index in [1.165, 1.54) is 11.8 Å². The lowest BCUT2D eigenvalue weighted by Gasteiger charge is -2.06. The number of aryl methyl sites for hydroxylation is 2. The smallest absolute Gasteiger partial charge is 0.188 e. The van der Waals surface area contributed by atoms with Crippen molar-refractivity contribution in [2.45, 2.75) is 25.9 Å². The lowest BCUT2D eigenvalue weighted by Crippen LogP contribution is -2.04. The van der Waals surface area contributed by atoms with Gasteiger partial charge in [-0.15, -0.1) is 0 Å². The number of rotatable bonds is 4. The van der Waals surface area contributed by atoms with E-state index in [4.69, 9.17) is 5.26 Å². The van der Waals surface area contributed by atoms with Gasteiger partial charge >= 0.3 is 0 Å². The molecule has 2 rings (SSSR count). The Kier molecular flexibility index (Phi) is 4.71. The molecular weight excluding hydrogens is 282 g/mol. The lowest BCUT2D eigenvalue weighted by atomic mass is 10.1. The largest absolute Gasteiger partial charge is 0.293 e. The van der Waals surface area contributed by atoms with Gasteiger partial charge in [-0.2, -0.15) is 5.26 Å². The average Bonchev–Trinajstić information content (AvgIpc) is 2.50. The second-order valence-electron chi connectivity index (χ2n) is 4.70. The molecule has 0 saturated heterocycles. The van der Waals surface area contributed by atoms with Crippen molar-refractivity contribution in [3.8, 4) is 6.07 Å². The topological polar surface area (TPSA) is 66.6 Å². The van der Waals surface area contributed by atoms with Gasteiger partial charge in [-0.05, 0) is 38.5 Å². The zero-order valence-corrected chi connectivity index (χ0v) is 13.0. The molecule has 4 nitrogen and oxygen atoms in total. The van der Waals surface area contributed by atoms with Crippen molar-refractivity contribution in [2.75, 3.05) is 5.75 Å². The van der Waals surface area contributed by atoms with Crippen LogP contribution in [0.4, 0.5) is 0 Å². The van der Waals surface area contributed by atoms with Crippen molar-refractivity contribution in [1.82, 2.24) is 9.97 Å². The van der Waals surface area contributed by atoms with Crippen LogP contribution in [-0.2, 0) is 0 Å². The molecule has 0 spiro atoms. The Bertz CT molecular complexity index is 694. The maximum absolute atomic E-state index is 12.1. The molecule has 5 heteroatoms. The fourth-order valence-electron chi connectivity index (χ4n) is 1.75. The van der Waals surface area contributed by atoms with E-state index >= 15 is 0 Å². The normalized spacial score (nSPS) is 10.2. The van der Waals surface area contributed by atoms with E-state index in [0.717, 1.165) is 17.0 Å². The van der Waals surface area contributed by atoms with Gasteiger partial charge in [0.2, 0.25) is 0 Å². The van der Waals surface area contributed by atoms with E-state index in [1.54, 1.807) is 24.3 Å². The van der Waals surface area contributed by atoms with Crippen LogP contribution < -0.4 is 0 Å². The number of hydrogen-bond donors (Lipinski definition) is 0. The molecule has 0 atom stereocenters. The zero-order chi connectivity index (χ0) is 15.4. The van der Waals surface area contributed by atoms with Crippen LogP contribution in [0.3, 0.4) is 0 Å². The predicted octanol–water partition coefficient (Wildman–Crippen LogP) is 3.25. The van der Waals surface area contributed by atoms with Gasteiger partial charge in [-0.3, -0.25) is 4.79 Å². The van der Waals surface area contributed by atoms with Crippen molar-refractivity contribution in [3.05, 3.63) is 52.3 Å². The maximum atomic E-state index is 12.1. The molecule has 0 unspecified atom stereocenters. The van der Waals surface area contributed by atoms with Crippen molar-refractivity contribution < 1.29 is 4.79 Å². The Morgan fingerprint density at radius 3 is 2.24 bits per heavy atom. The summed E-state index contributed by atoms with van der Waals surface area (Å²) >= 11 is 1.33. The van der Waals surface area contributed by atoms with Crippen LogP contribution in [0.15, 0.2) is 29.4 Å². The van der Waals surface area contributed by atoms with Gasteiger partial charge in [0.1, 0.15) is 0 Å². The van der Waals surface area contributed by atoms with Gasteiger partial charge < -0.3 is 0 Å². The minimum atomic E-state index is 0.00368. The molecule has 0 aliphatic carbocycles. The first-order valence-electron chi connectivity index (χ1n) is 6.49. The number of aromatic nitrogens is 2. The van der Waals surface area contributed by atoms with E-state index in [2.05, 4.69) is 9.97 Å². The van der Waals surface area contributed by atoms with Crippen LogP contribution in [0.2, 0.25) is 0 Å². The highest BCUT2D eigenvalue weighted by Crippen LogP contribution is 2.18. The molecule has 0 fully saturated rings. The van der Waals surface area contributed by atoms with Gasteiger partial charge in [0.15, 0.2) is 10.9 Å². The summed E-state index contributed by atoms with van der Waals surface area (Å²) < 4.78 is 0. The summed E-state index contributed by atoms with van der Waals surface area (Å²) in [6.07, 6.45) is 0. The Morgan fingerprint density at radius 1 is 1.14 bits per heavy atom. The first kappa shape index (κ1) is 15.2. The summed E-state index contributed by atoms with van der Waals surface area (Å²) in [5.74, 6) is 0.289. The molecule has 0 saturated carbocycles. The summed E-state index contributed by atoms with van der Waals surface area (Å²) in [4.78, 5) is 20.9. The van der Waals surface area contributed by atoms with Crippen LogP contribution in [0.25, 0.3) is 0 Å². The van der Waals surface area contributed by atoms with Gasteiger partial charge in [0.05, 0.1) is 17.4 Å². The first-order valence-corrected chi connectivity index (χ1v) is 7.48. The van der Waals surface area contributed by atoms with Crippen molar-refractivity contribution in [3.63, 3.8) is 0 Å². The summed E-state index contributed by atoms with van der Waals surface area (Å²) in [7, 11) is 0. The molecule has 0 radical (unpaired) electrons. The summed E-state index contributed by atoms with van der Waals surface area (Å²) in [6, 6.07) is 8.68. The fraction of sp³-hybridized carbons (Fsp3) is 0.250. The van der Waals surface area contributed by atoms with Crippen molar-refractivity contribution in [1.29, 1.82) is 5.26 Å². The molecule has 0 N–H and O–H groups in total. The molecule has 21 heavy (non-hydrogen) atoms. The second kappa shape index (κ2) is 6.51. The fourth-order valence-corrected chi connectivity index (χ4v) is 2.58. The molecule has 0 aliphatic rings. The maximum Gasteiger partial charge on any atom is 0.188 e. The number of nitrogens with zero attached hydrogens (tertiary/aromatic N) is 3. The second-order valence-corrected chi connectivity index (χ2v) is 5.65. The number of carbonyl (C=O) groups excluding carboxylic acids is 1. The van der Waals surface area contributed by atoms with Crippen LogP contribution in [0.1, 0.15) is 32.9 Å². The highest BCUT2D eigenvalue weighted by atomic mass is 32.2. The molecule has 0 amide bonds. The zero-order valence-electron chi connectivity index (χ0n) is 12.2. The lowest BCUT2D eigenvalue weighted by molar-refractivity contribution is 0.102. The third-order valence-electron chi connectivity index (χ3n) is 3.28. The Balaban J connectivity index is 2.05. The van der Waals surface area contributed by atoms with E-state index in [0.29, 0.717) is 16.3 Å². The van der Waals surface area contributed by atoms with Gasteiger partial charge in [-0.1, -0.05) is 23.9 Å². The predicted molar refractivity (Wildman–Crippen MR) is 82.5 cm³/mol. The molecule has 1 heterocycles. The molecule has 1 aromatic heterocycles. The molecular formula is C16H15N3OS. The summed E-state index contributed by atoms with van der Waals surface area (Å²) in [5, 5.41) is 9.36. The molecule has 0 aliphatic heterocycles. The minimum Gasteiger partial charge on any atom is -0.293 e. The number of Topliss-reactive ketones (excluding diaryl/α,β-unsaturated/α-hetero) is 1. The SMILES string of the molecule is Cc1nc(SCC(=O)c2ccc(C#N)cc2)nc(C)c1C. The van der Waals surface area contributed by atoms with Crippen LogP contribution >= 0.6 is 11.8 Å². The third kappa shape index (κ3) is 3.67. The van der Waals surface area contributed by atoms with Crippen molar-refractivity contribution >= 4 is 17.5 Å². The van der Waals surface area contributed by atoms with Gasteiger partial charge in [0, 0.05) is 17.0 Å². The van der Waals surface area contributed by atoms with E-state index in [1.807, 2.05) is 26.8 Å². The number of nitriles is 1. The highest BCUT2D eigenvalue weighted by molar-refractivity contribution is 7.99. The van der Waals surface area contributed by atoms with E-state index < -0.39 is 0 Å². The third-order valence-corrected chi connectivity index (χ3v) is 4.13. The minimum absolute atomic E-state index is 0.00368. The summed E-state index contributed by atoms with van der Waals surface area (Å²) in [5.41, 5.74) is 4.11. The van der Waals surface area contributed by atoms with E-state index in [9.17, 15) is 4.79 Å². The van der Waals surface area contributed by atoms with Gasteiger partial charge in [-0.25, -0.2) is 9.97 Å². The van der Waals surface area contributed by atoms with Crippen molar-refractivity contribution in [2.24, 2.45) is 0 Å². The monoisotopic (exact) mass is 297 g/mol. The standard InChI is InChI=1S/C16H15N3OS/c1-10-11(2)18-16(19-12(10)3)21-9-15(20)14-6-4-13(8-17)5-7-14/h4-7H,9H2,1-3H3. The Morgan fingerprint density at radius 2 is 1.71 bits per heavy atom. The van der Waals surface area contributed by atoms with Crippen LogP contribution in [-0.4, -0.2) is 21.5 Å². The van der Waals surface area contributed by atoms with Crippen LogP contribution in [0.5, 0.6) is 0 Å². The number of thioether (sulfide) groups is 1. The number of ketones is 1. The number of hydrogen-bond acceptors (Lipinski definition) is 5. The van der Waals surface area contributed by atoms with Gasteiger partial charge in [0.25, 0.3) is 0 Å². The first-order chi connectivity index (χ1) is 10.0. The summed E-state index contributed by atoms with van der Waals surface area (Å²) in [6.45, 7) is 5.87. The molecule has 1 aromatic carbocycles.